The smallest absolute Gasteiger partial charge is 0.422 e. The van der Waals surface area contributed by atoms with Gasteiger partial charge in [-0.3, -0.25) is 4.79 Å². The van der Waals surface area contributed by atoms with Gasteiger partial charge in [0.15, 0.2) is 12.4 Å². The molecule has 1 atom stereocenters. The average Bonchev–Trinajstić information content (AvgIpc) is 3.38. The van der Waals surface area contributed by atoms with E-state index in [1.54, 1.807) is 0 Å². The molecule has 0 saturated carbocycles. The maximum absolute atomic E-state index is 13.7. The third-order valence-electron chi connectivity index (χ3n) is 5.57. The van der Waals surface area contributed by atoms with Crippen LogP contribution in [0.1, 0.15) is 28.0 Å². The Labute approximate surface area is 189 Å². The highest BCUT2D eigenvalue weighted by Gasteiger charge is 2.44. The van der Waals surface area contributed by atoms with E-state index < -0.39 is 47.5 Å². The van der Waals surface area contributed by atoms with Crippen LogP contribution < -0.4 is 15.4 Å². The molecular formula is C21H21F6N3O4. The molecule has 1 aromatic carbocycles. The number of ether oxygens (including phenoxy) is 3. The van der Waals surface area contributed by atoms with Crippen molar-refractivity contribution in [2.24, 2.45) is 0 Å². The Balaban J connectivity index is 1.56. The van der Waals surface area contributed by atoms with Crippen LogP contribution in [0.4, 0.5) is 26.3 Å². The molecule has 2 aliphatic rings. The van der Waals surface area contributed by atoms with Crippen molar-refractivity contribution < 1.29 is 45.3 Å². The van der Waals surface area contributed by atoms with Crippen LogP contribution in [0.25, 0.3) is 10.9 Å². The van der Waals surface area contributed by atoms with Crippen molar-refractivity contribution in [3.63, 3.8) is 0 Å². The molecule has 34 heavy (non-hydrogen) atoms. The van der Waals surface area contributed by atoms with Gasteiger partial charge in [-0.05, 0) is 30.7 Å². The monoisotopic (exact) mass is 493 g/mol. The van der Waals surface area contributed by atoms with Gasteiger partial charge in [0.1, 0.15) is 11.4 Å². The van der Waals surface area contributed by atoms with Crippen LogP contribution in [0.2, 0.25) is 0 Å². The zero-order valence-corrected chi connectivity index (χ0v) is 17.9. The van der Waals surface area contributed by atoms with E-state index in [0.717, 1.165) is 6.07 Å². The highest BCUT2D eigenvalue weighted by atomic mass is 19.4. The number of benzene rings is 1. The predicted molar refractivity (Wildman–Crippen MR) is 106 cm³/mol. The second-order valence-corrected chi connectivity index (χ2v) is 8.19. The molecule has 0 radical (unpaired) electrons. The summed E-state index contributed by atoms with van der Waals surface area (Å²) in [6, 6.07) is 2.61. The molecule has 2 fully saturated rings. The number of pyridine rings is 1. The van der Waals surface area contributed by atoms with Crippen molar-refractivity contribution in [3.05, 3.63) is 35.0 Å². The summed E-state index contributed by atoms with van der Waals surface area (Å²) in [6.45, 7) is 1.27. The molecule has 0 bridgehead atoms. The van der Waals surface area contributed by atoms with Gasteiger partial charge in [-0.1, -0.05) is 0 Å². The van der Waals surface area contributed by atoms with Crippen molar-refractivity contribution in [1.29, 1.82) is 0 Å². The fourth-order valence-electron chi connectivity index (χ4n) is 4.03. The molecule has 2 saturated heterocycles. The first kappa shape index (κ1) is 24.5. The standard InChI is InChI=1S/C21H21F6N3O4/c1-11-4-16(18(31)28-8-12-7-19(9-29-12)33-2-3-34-19)30-17-14(11)5-13(32-10-20(22,23)24)6-15(17)21(25,26)27/h4-6,12,29H,2-3,7-10H2,1H3,(H,28,31)/t12-/m0/s1. The molecule has 2 aliphatic heterocycles. The molecular weight excluding hydrogens is 472 g/mol. The molecule has 2 aromatic rings. The Morgan fingerprint density at radius 3 is 2.56 bits per heavy atom. The average molecular weight is 493 g/mol. The van der Waals surface area contributed by atoms with Gasteiger partial charge in [0, 0.05) is 24.4 Å². The summed E-state index contributed by atoms with van der Waals surface area (Å²) in [4.78, 5) is 16.5. The van der Waals surface area contributed by atoms with Crippen molar-refractivity contribution in [2.75, 3.05) is 32.9 Å². The van der Waals surface area contributed by atoms with E-state index in [-0.39, 0.29) is 29.2 Å². The molecule has 0 aliphatic carbocycles. The molecule has 0 unspecified atom stereocenters. The number of aryl methyl sites for hydroxylation is 1. The fraction of sp³-hybridized carbons (Fsp3) is 0.524. The summed E-state index contributed by atoms with van der Waals surface area (Å²) in [6.07, 6.45) is -9.16. The van der Waals surface area contributed by atoms with Crippen LogP contribution >= 0.6 is 0 Å². The first-order chi connectivity index (χ1) is 15.9. The summed E-state index contributed by atoms with van der Waals surface area (Å²) in [7, 11) is 0. The Kier molecular flexibility index (Phi) is 6.38. The van der Waals surface area contributed by atoms with E-state index in [0.29, 0.717) is 32.2 Å². The van der Waals surface area contributed by atoms with Gasteiger partial charge < -0.3 is 24.8 Å². The molecule has 186 valence electrons. The SMILES string of the molecule is Cc1cc(C(=O)NC[C@@H]2CC3(CN2)OCCO3)nc2c(C(F)(F)F)cc(OCC(F)(F)F)cc12. The van der Waals surface area contributed by atoms with Crippen molar-refractivity contribution in [1.82, 2.24) is 15.6 Å². The van der Waals surface area contributed by atoms with Crippen LogP contribution in [-0.4, -0.2) is 61.8 Å². The highest BCUT2D eigenvalue weighted by Crippen LogP contribution is 2.38. The van der Waals surface area contributed by atoms with E-state index in [2.05, 4.69) is 20.4 Å². The normalized spacial score (nSPS) is 20.3. The zero-order chi connectivity index (χ0) is 24.7. The number of fused-ring (bicyclic) bond motifs is 1. The van der Waals surface area contributed by atoms with Crippen molar-refractivity contribution in [3.8, 4) is 5.75 Å². The number of carbonyl (C=O) groups excluding carboxylic acids is 1. The Hall–Kier alpha value is -2.64. The number of nitrogens with one attached hydrogen (secondary N) is 2. The van der Waals surface area contributed by atoms with Gasteiger partial charge in [0.05, 0.1) is 30.8 Å². The minimum absolute atomic E-state index is 0.0709. The Morgan fingerprint density at radius 1 is 1.21 bits per heavy atom. The van der Waals surface area contributed by atoms with Gasteiger partial charge in [0.2, 0.25) is 0 Å². The summed E-state index contributed by atoms with van der Waals surface area (Å²) in [5.41, 5.74) is -1.87. The van der Waals surface area contributed by atoms with Crippen LogP contribution in [0, 0.1) is 6.92 Å². The van der Waals surface area contributed by atoms with Crippen molar-refractivity contribution in [2.45, 2.75) is 37.5 Å². The number of hydrogen-bond donors (Lipinski definition) is 2. The number of halogens is 6. The van der Waals surface area contributed by atoms with Gasteiger partial charge in [-0.15, -0.1) is 0 Å². The second kappa shape index (κ2) is 8.86. The predicted octanol–water partition coefficient (Wildman–Crippen LogP) is 3.34. The molecule has 1 aromatic heterocycles. The number of nitrogens with zero attached hydrogens (tertiary/aromatic N) is 1. The van der Waals surface area contributed by atoms with Crippen LogP contribution in [0.5, 0.6) is 5.75 Å². The Bertz CT molecular complexity index is 1080. The first-order valence-electron chi connectivity index (χ1n) is 10.4. The van der Waals surface area contributed by atoms with Gasteiger partial charge >= 0.3 is 12.4 Å². The number of amides is 1. The molecule has 1 spiro atoms. The molecule has 13 heteroatoms. The summed E-state index contributed by atoms with van der Waals surface area (Å²) in [5, 5.41) is 5.74. The van der Waals surface area contributed by atoms with E-state index in [4.69, 9.17) is 9.47 Å². The number of alkyl halides is 6. The topological polar surface area (TPSA) is 81.7 Å². The molecule has 2 N–H and O–H groups in total. The maximum Gasteiger partial charge on any atom is 0.422 e. The minimum atomic E-state index is -4.94. The van der Waals surface area contributed by atoms with Crippen LogP contribution in [0.15, 0.2) is 18.2 Å². The number of aromatic nitrogens is 1. The first-order valence-corrected chi connectivity index (χ1v) is 10.4. The zero-order valence-electron chi connectivity index (χ0n) is 17.9. The Morgan fingerprint density at radius 2 is 1.91 bits per heavy atom. The van der Waals surface area contributed by atoms with Gasteiger partial charge in [0.25, 0.3) is 5.91 Å². The molecule has 7 nitrogen and oxygen atoms in total. The van der Waals surface area contributed by atoms with Gasteiger partial charge in [-0.2, -0.15) is 26.3 Å². The minimum Gasteiger partial charge on any atom is -0.484 e. The third-order valence-corrected chi connectivity index (χ3v) is 5.57. The quantitative estimate of drug-likeness (QED) is 0.622. The van der Waals surface area contributed by atoms with E-state index in [9.17, 15) is 31.1 Å². The lowest BCUT2D eigenvalue weighted by Gasteiger charge is -2.20. The molecule has 3 heterocycles. The van der Waals surface area contributed by atoms with Crippen LogP contribution in [0.3, 0.4) is 0 Å². The third kappa shape index (κ3) is 5.36. The summed E-state index contributed by atoms with van der Waals surface area (Å²) < 4.78 is 94.1. The lowest BCUT2D eigenvalue weighted by molar-refractivity contribution is -0.153. The second-order valence-electron chi connectivity index (χ2n) is 8.19. The number of carbonyl (C=O) groups is 1. The van der Waals surface area contributed by atoms with E-state index >= 15 is 0 Å². The lowest BCUT2D eigenvalue weighted by Crippen LogP contribution is -2.37. The molecule has 1 amide bonds. The van der Waals surface area contributed by atoms with E-state index in [1.807, 2.05) is 0 Å². The number of hydrogen-bond acceptors (Lipinski definition) is 6. The maximum atomic E-state index is 13.7. The van der Waals surface area contributed by atoms with Crippen LogP contribution in [-0.2, 0) is 15.7 Å². The largest absolute Gasteiger partial charge is 0.484 e. The van der Waals surface area contributed by atoms with E-state index in [1.165, 1.54) is 13.0 Å². The van der Waals surface area contributed by atoms with Gasteiger partial charge in [-0.25, -0.2) is 4.98 Å². The fourth-order valence-corrected chi connectivity index (χ4v) is 4.03. The molecule has 4 rings (SSSR count). The summed E-state index contributed by atoms with van der Waals surface area (Å²) >= 11 is 0. The van der Waals surface area contributed by atoms with Crippen molar-refractivity contribution >= 4 is 16.8 Å². The lowest BCUT2D eigenvalue weighted by atomic mass is 10.0. The highest BCUT2D eigenvalue weighted by molar-refractivity contribution is 5.97. The number of rotatable bonds is 5. The summed E-state index contributed by atoms with van der Waals surface area (Å²) in [5.74, 6) is -2.01.